The molecule has 0 bridgehead atoms. The number of thioether (sulfide) groups is 1. The third-order valence-corrected chi connectivity index (χ3v) is 5.03. The number of fused-ring (bicyclic) bond motifs is 1. The lowest BCUT2D eigenvalue weighted by atomic mass is 10.1. The summed E-state index contributed by atoms with van der Waals surface area (Å²) in [4.78, 5) is 27.3. The number of aromatic nitrogens is 1. The van der Waals surface area contributed by atoms with Crippen LogP contribution < -0.4 is 5.32 Å². The molecule has 112 valence electrons. The Kier molecular flexibility index (Phi) is 5.19. The van der Waals surface area contributed by atoms with Gasteiger partial charge in [-0.05, 0) is 18.1 Å². The number of rotatable bonds is 6. The van der Waals surface area contributed by atoms with E-state index in [-0.39, 0.29) is 17.6 Å². The molecule has 1 aromatic carbocycles. The molecule has 1 unspecified atom stereocenters. The molecular formula is C14H16N2O3S2. The fourth-order valence-corrected chi connectivity index (χ4v) is 3.65. The van der Waals surface area contributed by atoms with E-state index in [9.17, 15) is 9.59 Å². The minimum atomic E-state index is -1.01. The Bertz CT molecular complexity index is 621. The molecule has 2 N–H and O–H groups in total. The second-order valence-electron chi connectivity index (χ2n) is 4.86. The fraction of sp³-hybridized carbons (Fsp3) is 0.357. The number of thiazole rings is 1. The van der Waals surface area contributed by atoms with Crippen LogP contribution in [0.2, 0.25) is 0 Å². The quantitative estimate of drug-likeness (QED) is 0.799. The molecule has 21 heavy (non-hydrogen) atoms. The molecule has 0 saturated carbocycles. The Labute approximate surface area is 130 Å². The predicted octanol–water partition coefficient (Wildman–Crippen LogP) is 2.61. The van der Waals surface area contributed by atoms with Gasteiger partial charge in [0, 0.05) is 0 Å². The summed E-state index contributed by atoms with van der Waals surface area (Å²) in [5.41, 5.74) is 0.913. The Morgan fingerprint density at radius 3 is 2.71 bits per heavy atom. The van der Waals surface area contributed by atoms with Crippen molar-refractivity contribution in [3.8, 4) is 0 Å². The number of hydrogen-bond donors (Lipinski definition) is 2. The molecule has 0 aliphatic heterocycles. The average Bonchev–Trinajstić information content (AvgIpc) is 2.84. The minimum absolute atomic E-state index is 0.154. The van der Waals surface area contributed by atoms with Crippen LogP contribution in [-0.2, 0) is 9.59 Å². The molecule has 2 aromatic rings. The largest absolute Gasteiger partial charge is 0.480 e. The van der Waals surface area contributed by atoms with Gasteiger partial charge >= 0.3 is 5.97 Å². The Balaban J connectivity index is 1.93. The third kappa shape index (κ3) is 4.18. The summed E-state index contributed by atoms with van der Waals surface area (Å²) in [6.07, 6.45) is 0. The zero-order valence-electron chi connectivity index (χ0n) is 11.7. The molecule has 1 amide bonds. The van der Waals surface area contributed by atoms with Crippen molar-refractivity contribution in [2.24, 2.45) is 5.92 Å². The lowest BCUT2D eigenvalue weighted by molar-refractivity contribution is -0.142. The van der Waals surface area contributed by atoms with Crippen LogP contribution in [0.25, 0.3) is 10.2 Å². The van der Waals surface area contributed by atoms with E-state index >= 15 is 0 Å². The number of para-hydroxylation sites is 1. The first-order chi connectivity index (χ1) is 9.97. The van der Waals surface area contributed by atoms with Crippen molar-refractivity contribution in [1.29, 1.82) is 0 Å². The summed E-state index contributed by atoms with van der Waals surface area (Å²) < 4.78 is 1.88. The summed E-state index contributed by atoms with van der Waals surface area (Å²) in [5, 5.41) is 11.6. The summed E-state index contributed by atoms with van der Waals surface area (Å²) in [7, 11) is 0. The molecule has 0 fully saturated rings. The maximum Gasteiger partial charge on any atom is 0.326 e. The molecule has 1 heterocycles. The van der Waals surface area contributed by atoms with E-state index in [0.29, 0.717) is 0 Å². The first-order valence-corrected chi connectivity index (χ1v) is 8.28. The van der Waals surface area contributed by atoms with Crippen LogP contribution in [0.3, 0.4) is 0 Å². The van der Waals surface area contributed by atoms with Crippen molar-refractivity contribution in [3.63, 3.8) is 0 Å². The van der Waals surface area contributed by atoms with Gasteiger partial charge in [0.25, 0.3) is 0 Å². The first-order valence-electron chi connectivity index (χ1n) is 6.48. The van der Waals surface area contributed by atoms with E-state index in [1.807, 2.05) is 24.3 Å². The van der Waals surface area contributed by atoms with Gasteiger partial charge in [-0.2, -0.15) is 0 Å². The monoisotopic (exact) mass is 324 g/mol. The topological polar surface area (TPSA) is 79.3 Å². The van der Waals surface area contributed by atoms with Gasteiger partial charge in [-0.1, -0.05) is 37.7 Å². The molecule has 0 spiro atoms. The van der Waals surface area contributed by atoms with Crippen LogP contribution in [0, 0.1) is 5.92 Å². The van der Waals surface area contributed by atoms with Crippen LogP contribution in [0.1, 0.15) is 13.8 Å². The highest BCUT2D eigenvalue weighted by Gasteiger charge is 2.23. The number of carbonyl (C=O) groups excluding carboxylic acids is 1. The lowest BCUT2D eigenvalue weighted by Crippen LogP contribution is -2.45. The third-order valence-electron chi connectivity index (χ3n) is 2.85. The minimum Gasteiger partial charge on any atom is -0.480 e. The molecule has 5 nitrogen and oxygen atoms in total. The SMILES string of the molecule is CC(C)C(NC(=O)CSc1nc2ccccc2s1)C(=O)O. The highest BCUT2D eigenvalue weighted by molar-refractivity contribution is 8.01. The summed E-state index contributed by atoms with van der Waals surface area (Å²) in [5.74, 6) is -1.29. The number of nitrogens with zero attached hydrogens (tertiary/aromatic N) is 1. The summed E-state index contributed by atoms with van der Waals surface area (Å²) >= 11 is 2.85. The summed E-state index contributed by atoms with van der Waals surface area (Å²) in [6.45, 7) is 3.53. The Morgan fingerprint density at radius 2 is 2.10 bits per heavy atom. The molecule has 1 atom stereocenters. The number of amides is 1. The molecule has 0 saturated heterocycles. The van der Waals surface area contributed by atoms with Crippen molar-refractivity contribution in [3.05, 3.63) is 24.3 Å². The van der Waals surface area contributed by atoms with E-state index in [0.717, 1.165) is 14.6 Å². The predicted molar refractivity (Wildman–Crippen MR) is 84.7 cm³/mol. The first kappa shape index (κ1) is 15.8. The number of carboxylic acids is 1. The van der Waals surface area contributed by atoms with Crippen LogP contribution in [-0.4, -0.2) is 33.8 Å². The molecule has 0 radical (unpaired) electrons. The van der Waals surface area contributed by atoms with Crippen molar-refractivity contribution >= 4 is 45.2 Å². The Hall–Kier alpha value is -1.60. The average molecular weight is 324 g/mol. The fourth-order valence-electron chi connectivity index (χ4n) is 1.77. The normalized spacial score (nSPS) is 12.5. The maximum absolute atomic E-state index is 11.8. The molecular weight excluding hydrogens is 308 g/mol. The zero-order chi connectivity index (χ0) is 15.4. The van der Waals surface area contributed by atoms with Crippen molar-refractivity contribution in [1.82, 2.24) is 10.3 Å². The van der Waals surface area contributed by atoms with Crippen LogP contribution in [0.15, 0.2) is 28.6 Å². The van der Waals surface area contributed by atoms with Crippen molar-refractivity contribution in [2.75, 3.05) is 5.75 Å². The van der Waals surface area contributed by atoms with E-state index < -0.39 is 12.0 Å². The van der Waals surface area contributed by atoms with E-state index in [4.69, 9.17) is 5.11 Å². The van der Waals surface area contributed by atoms with Crippen LogP contribution in [0.4, 0.5) is 0 Å². The van der Waals surface area contributed by atoms with Gasteiger partial charge in [0.1, 0.15) is 6.04 Å². The van der Waals surface area contributed by atoms with Gasteiger partial charge in [-0.3, -0.25) is 4.79 Å². The zero-order valence-corrected chi connectivity index (χ0v) is 13.3. The van der Waals surface area contributed by atoms with E-state index in [1.165, 1.54) is 23.1 Å². The van der Waals surface area contributed by atoms with Gasteiger partial charge in [-0.25, -0.2) is 9.78 Å². The molecule has 1 aromatic heterocycles. The van der Waals surface area contributed by atoms with Gasteiger partial charge in [-0.15, -0.1) is 11.3 Å². The van der Waals surface area contributed by atoms with Crippen molar-refractivity contribution < 1.29 is 14.7 Å². The molecule has 2 rings (SSSR count). The summed E-state index contributed by atoms with van der Waals surface area (Å²) in [6, 6.07) is 6.92. The second-order valence-corrected chi connectivity index (χ2v) is 7.12. The van der Waals surface area contributed by atoms with Gasteiger partial charge in [0.05, 0.1) is 16.0 Å². The highest BCUT2D eigenvalue weighted by Crippen LogP contribution is 2.29. The van der Waals surface area contributed by atoms with Gasteiger partial charge < -0.3 is 10.4 Å². The van der Waals surface area contributed by atoms with Crippen LogP contribution >= 0.6 is 23.1 Å². The number of benzene rings is 1. The molecule has 0 aliphatic rings. The lowest BCUT2D eigenvalue weighted by Gasteiger charge is -2.17. The Morgan fingerprint density at radius 1 is 1.38 bits per heavy atom. The van der Waals surface area contributed by atoms with Gasteiger partial charge in [0.2, 0.25) is 5.91 Å². The number of hydrogen-bond acceptors (Lipinski definition) is 5. The number of carbonyl (C=O) groups is 2. The highest BCUT2D eigenvalue weighted by atomic mass is 32.2. The van der Waals surface area contributed by atoms with Crippen LogP contribution in [0.5, 0.6) is 0 Å². The standard InChI is InChI=1S/C14H16N2O3S2/c1-8(2)12(13(18)19)16-11(17)7-20-14-15-9-5-3-4-6-10(9)21-14/h3-6,8,12H,7H2,1-2H3,(H,16,17)(H,18,19). The van der Waals surface area contributed by atoms with E-state index in [2.05, 4.69) is 10.3 Å². The molecule has 7 heteroatoms. The maximum atomic E-state index is 11.8. The smallest absolute Gasteiger partial charge is 0.326 e. The number of nitrogens with one attached hydrogen (secondary N) is 1. The van der Waals surface area contributed by atoms with E-state index in [1.54, 1.807) is 13.8 Å². The molecule has 0 aliphatic carbocycles. The second kappa shape index (κ2) is 6.91. The van der Waals surface area contributed by atoms with Gasteiger partial charge in [0.15, 0.2) is 4.34 Å². The van der Waals surface area contributed by atoms with Crippen molar-refractivity contribution in [2.45, 2.75) is 24.2 Å². The number of carboxylic acid groups (broad SMARTS) is 1. The number of aliphatic carboxylic acids is 1.